The monoisotopic (exact) mass is 378 g/mol. The standard InChI is InChI=1S/C18H26N4O3S/c1-5-6-16(18-19-11-12-21(18)3)20-17(23)13-22(26(4,24)25)15-9-7-14(2)8-10-15/h7-12,16H,5-6,13H2,1-4H3,(H,20,23). The highest BCUT2D eigenvalue weighted by atomic mass is 32.2. The number of imidazole rings is 1. The molecule has 2 rings (SSSR count). The van der Waals surface area contributed by atoms with Gasteiger partial charge in [-0.05, 0) is 25.5 Å². The van der Waals surface area contributed by atoms with Crippen LogP contribution in [0.5, 0.6) is 0 Å². The zero-order valence-corrected chi connectivity index (χ0v) is 16.5. The molecule has 1 amide bonds. The largest absolute Gasteiger partial charge is 0.345 e. The number of aryl methyl sites for hydroxylation is 2. The third-order valence-electron chi connectivity index (χ3n) is 4.09. The quantitative estimate of drug-likeness (QED) is 0.763. The fraction of sp³-hybridized carbons (Fsp3) is 0.444. The van der Waals surface area contributed by atoms with Crippen LogP contribution < -0.4 is 9.62 Å². The number of aromatic nitrogens is 2. The van der Waals surface area contributed by atoms with Crippen LogP contribution in [0, 0.1) is 6.92 Å². The summed E-state index contributed by atoms with van der Waals surface area (Å²) in [7, 11) is -1.72. The van der Waals surface area contributed by atoms with Gasteiger partial charge in [-0.25, -0.2) is 13.4 Å². The van der Waals surface area contributed by atoms with Crippen LogP contribution in [0.3, 0.4) is 0 Å². The van der Waals surface area contributed by atoms with Crippen molar-refractivity contribution in [2.75, 3.05) is 17.1 Å². The van der Waals surface area contributed by atoms with Crippen molar-refractivity contribution in [1.82, 2.24) is 14.9 Å². The molecule has 0 aliphatic heterocycles. The molecule has 2 aromatic rings. The molecule has 142 valence electrons. The molecule has 1 atom stereocenters. The smallest absolute Gasteiger partial charge is 0.241 e. The lowest BCUT2D eigenvalue weighted by Crippen LogP contribution is -2.42. The Morgan fingerprint density at radius 2 is 1.96 bits per heavy atom. The molecule has 1 unspecified atom stereocenters. The van der Waals surface area contributed by atoms with Gasteiger partial charge in [0.05, 0.1) is 18.0 Å². The fourth-order valence-corrected chi connectivity index (χ4v) is 3.61. The number of nitrogens with zero attached hydrogens (tertiary/aromatic N) is 3. The van der Waals surface area contributed by atoms with Crippen molar-refractivity contribution in [3.8, 4) is 0 Å². The van der Waals surface area contributed by atoms with Crippen LogP contribution in [0.25, 0.3) is 0 Å². The number of rotatable bonds is 8. The zero-order valence-electron chi connectivity index (χ0n) is 15.6. The minimum Gasteiger partial charge on any atom is -0.345 e. The minimum absolute atomic E-state index is 0.257. The number of amides is 1. The first-order chi connectivity index (χ1) is 12.2. The van der Waals surface area contributed by atoms with Crippen molar-refractivity contribution in [2.45, 2.75) is 32.7 Å². The molecule has 26 heavy (non-hydrogen) atoms. The minimum atomic E-state index is -3.58. The van der Waals surface area contributed by atoms with E-state index in [0.717, 1.165) is 34.8 Å². The number of anilines is 1. The summed E-state index contributed by atoms with van der Waals surface area (Å²) in [6, 6.07) is 6.78. The average Bonchev–Trinajstić information content (AvgIpc) is 2.98. The SMILES string of the molecule is CCCC(NC(=O)CN(c1ccc(C)cc1)S(C)(=O)=O)c1nccn1C. The first-order valence-electron chi connectivity index (χ1n) is 8.53. The summed E-state index contributed by atoms with van der Waals surface area (Å²) in [6.07, 6.45) is 6.19. The van der Waals surface area contributed by atoms with E-state index in [1.807, 2.05) is 43.8 Å². The summed E-state index contributed by atoms with van der Waals surface area (Å²) in [5.74, 6) is 0.388. The van der Waals surface area contributed by atoms with Gasteiger partial charge in [0.2, 0.25) is 15.9 Å². The first-order valence-corrected chi connectivity index (χ1v) is 10.4. The van der Waals surface area contributed by atoms with Crippen LogP contribution in [-0.2, 0) is 21.9 Å². The van der Waals surface area contributed by atoms with Crippen LogP contribution in [0.15, 0.2) is 36.7 Å². The number of hydrogen-bond acceptors (Lipinski definition) is 4. The van der Waals surface area contributed by atoms with Crippen molar-refractivity contribution in [3.63, 3.8) is 0 Å². The topological polar surface area (TPSA) is 84.3 Å². The van der Waals surface area contributed by atoms with Gasteiger partial charge in [-0.15, -0.1) is 0 Å². The lowest BCUT2D eigenvalue weighted by atomic mass is 10.1. The Bertz CT molecular complexity index is 844. The van der Waals surface area contributed by atoms with Gasteiger partial charge in [0.25, 0.3) is 0 Å². The molecule has 0 fully saturated rings. The van der Waals surface area contributed by atoms with Gasteiger partial charge < -0.3 is 9.88 Å². The van der Waals surface area contributed by atoms with Crippen LogP contribution in [0.1, 0.15) is 37.2 Å². The van der Waals surface area contributed by atoms with Gasteiger partial charge >= 0.3 is 0 Å². The highest BCUT2D eigenvalue weighted by Crippen LogP contribution is 2.19. The van der Waals surface area contributed by atoms with Gasteiger partial charge in [0, 0.05) is 19.4 Å². The first kappa shape index (κ1) is 20.0. The Morgan fingerprint density at radius 3 is 2.46 bits per heavy atom. The van der Waals surface area contributed by atoms with Crippen molar-refractivity contribution >= 4 is 21.6 Å². The maximum Gasteiger partial charge on any atom is 0.241 e. The number of sulfonamides is 1. The lowest BCUT2D eigenvalue weighted by molar-refractivity contribution is -0.120. The Balaban J connectivity index is 2.18. The van der Waals surface area contributed by atoms with E-state index in [1.54, 1.807) is 18.3 Å². The molecule has 0 saturated heterocycles. The van der Waals surface area contributed by atoms with Crippen molar-refractivity contribution in [3.05, 3.63) is 48.0 Å². The van der Waals surface area contributed by atoms with Crippen molar-refractivity contribution in [1.29, 1.82) is 0 Å². The van der Waals surface area contributed by atoms with E-state index in [4.69, 9.17) is 0 Å². The van der Waals surface area contributed by atoms with Crippen molar-refractivity contribution < 1.29 is 13.2 Å². The van der Waals surface area contributed by atoms with E-state index >= 15 is 0 Å². The lowest BCUT2D eigenvalue weighted by Gasteiger charge is -2.24. The van der Waals surface area contributed by atoms with Gasteiger partial charge in [-0.3, -0.25) is 9.10 Å². The highest BCUT2D eigenvalue weighted by Gasteiger charge is 2.23. The Hall–Kier alpha value is -2.35. The summed E-state index contributed by atoms with van der Waals surface area (Å²) in [4.78, 5) is 16.9. The Labute approximate surface area is 155 Å². The van der Waals surface area contributed by atoms with E-state index in [0.29, 0.717) is 5.69 Å². The van der Waals surface area contributed by atoms with E-state index in [-0.39, 0.29) is 18.5 Å². The van der Waals surface area contributed by atoms with Gasteiger partial charge in [0.15, 0.2) is 0 Å². The Kier molecular flexibility index (Phi) is 6.42. The molecule has 1 heterocycles. The molecular formula is C18H26N4O3S. The third kappa shape index (κ3) is 5.08. The summed E-state index contributed by atoms with van der Waals surface area (Å²) in [5, 5.41) is 2.92. The molecule has 0 saturated carbocycles. The summed E-state index contributed by atoms with van der Waals surface area (Å²) in [5.41, 5.74) is 1.49. The maximum atomic E-state index is 12.6. The zero-order chi connectivity index (χ0) is 19.3. The summed E-state index contributed by atoms with van der Waals surface area (Å²) >= 11 is 0. The van der Waals surface area contributed by atoms with Gasteiger partial charge in [-0.2, -0.15) is 0 Å². The Morgan fingerprint density at radius 1 is 1.31 bits per heavy atom. The number of nitrogens with one attached hydrogen (secondary N) is 1. The number of hydrogen-bond donors (Lipinski definition) is 1. The number of carbonyl (C=O) groups excluding carboxylic acids is 1. The average molecular weight is 378 g/mol. The van der Waals surface area contributed by atoms with Gasteiger partial charge in [-0.1, -0.05) is 31.0 Å². The molecule has 7 nitrogen and oxygen atoms in total. The molecule has 8 heteroatoms. The maximum absolute atomic E-state index is 12.6. The second-order valence-corrected chi connectivity index (χ2v) is 8.32. The van der Waals surface area contributed by atoms with E-state index in [2.05, 4.69) is 10.3 Å². The second kappa shape index (κ2) is 8.35. The fourth-order valence-electron chi connectivity index (χ4n) is 2.75. The summed E-state index contributed by atoms with van der Waals surface area (Å²) < 4.78 is 27.3. The van der Waals surface area contributed by atoms with E-state index in [1.165, 1.54) is 0 Å². The summed E-state index contributed by atoms with van der Waals surface area (Å²) in [6.45, 7) is 3.67. The molecule has 0 radical (unpaired) electrons. The predicted octanol–water partition coefficient (Wildman–Crippen LogP) is 2.15. The molecule has 0 aliphatic rings. The third-order valence-corrected chi connectivity index (χ3v) is 5.23. The van der Waals surface area contributed by atoms with Crippen LogP contribution >= 0.6 is 0 Å². The van der Waals surface area contributed by atoms with Crippen LogP contribution in [0.4, 0.5) is 5.69 Å². The molecule has 1 aromatic carbocycles. The predicted molar refractivity (Wildman–Crippen MR) is 102 cm³/mol. The van der Waals surface area contributed by atoms with Crippen molar-refractivity contribution in [2.24, 2.45) is 7.05 Å². The number of benzene rings is 1. The molecule has 1 aromatic heterocycles. The van der Waals surface area contributed by atoms with Crippen LogP contribution in [0.2, 0.25) is 0 Å². The number of carbonyl (C=O) groups is 1. The van der Waals surface area contributed by atoms with E-state index in [9.17, 15) is 13.2 Å². The second-order valence-electron chi connectivity index (χ2n) is 6.41. The molecule has 0 aliphatic carbocycles. The molecule has 0 spiro atoms. The molecule has 0 bridgehead atoms. The molecular weight excluding hydrogens is 352 g/mol. The van der Waals surface area contributed by atoms with Gasteiger partial charge in [0.1, 0.15) is 12.4 Å². The van der Waals surface area contributed by atoms with Crippen LogP contribution in [-0.4, -0.2) is 36.7 Å². The van der Waals surface area contributed by atoms with E-state index < -0.39 is 10.0 Å². The normalized spacial score (nSPS) is 12.6. The highest BCUT2D eigenvalue weighted by molar-refractivity contribution is 7.92. The molecule has 1 N–H and O–H groups in total.